The van der Waals surface area contributed by atoms with Gasteiger partial charge in [-0.25, -0.2) is 0 Å². The Labute approximate surface area is 139 Å². The lowest BCUT2D eigenvalue weighted by Gasteiger charge is -2.05. The third kappa shape index (κ3) is 3.52. The molecule has 3 aromatic rings. The fraction of sp³-hybridized carbons (Fsp3) is 0.176. The van der Waals surface area contributed by atoms with Crippen molar-refractivity contribution >= 4 is 11.6 Å². The van der Waals surface area contributed by atoms with E-state index >= 15 is 0 Å². The molecule has 6 heteroatoms. The summed E-state index contributed by atoms with van der Waals surface area (Å²) in [7, 11) is 0. The van der Waals surface area contributed by atoms with Crippen LogP contribution in [0.1, 0.15) is 16.8 Å². The Morgan fingerprint density at radius 2 is 1.87 bits per heavy atom. The Balaban J connectivity index is 1.74. The third-order valence-corrected chi connectivity index (χ3v) is 3.91. The van der Waals surface area contributed by atoms with Gasteiger partial charge in [-0.15, -0.1) is 0 Å². The fourth-order valence-corrected chi connectivity index (χ4v) is 2.46. The van der Waals surface area contributed by atoms with E-state index in [0.717, 1.165) is 16.8 Å². The minimum atomic E-state index is -0.447. The number of aromatic nitrogens is 2. The molecule has 0 spiro atoms. The Hall–Kier alpha value is -2.37. The highest BCUT2D eigenvalue weighted by Gasteiger charge is 2.19. The molecule has 2 aromatic carbocycles. The van der Waals surface area contributed by atoms with E-state index < -0.39 is 5.95 Å². The molecule has 1 N–H and O–H groups in total. The summed E-state index contributed by atoms with van der Waals surface area (Å²) in [5.74, 6) is -0.447. The molecule has 23 heavy (non-hydrogen) atoms. The van der Waals surface area contributed by atoms with E-state index in [1.54, 1.807) is 0 Å². The smallest absolute Gasteiger partial charge is 0.253 e. The van der Waals surface area contributed by atoms with E-state index in [4.69, 9.17) is 16.1 Å². The summed E-state index contributed by atoms with van der Waals surface area (Å²) in [6, 6.07) is 15.3. The highest BCUT2D eigenvalue weighted by molar-refractivity contribution is 6.31. The lowest BCUT2D eigenvalue weighted by molar-refractivity contribution is -0.677. The molecule has 0 amide bonds. The monoisotopic (exact) mass is 329 g/mol. The summed E-state index contributed by atoms with van der Waals surface area (Å²) in [4.78, 5) is 0. The molecular weight excluding hydrogens is 314 g/mol. The summed E-state index contributed by atoms with van der Waals surface area (Å²) < 4.78 is 6.31. The highest BCUT2D eigenvalue weighted by atomic mass is 35.5. The van der Waals surface area contributed by atoms with E-state index in [0.29, 0.717) is 23.8 Å². The largest absolute Gasteiger partial charge is 0.539 e. The van der Waals surface area contributed by atoms with Gasteiger partial charge in [0.25, 0.3) is 5.69 Å². The lowest BCUT2D eigenvalue weighted by atomic mass is 10.2. The molecule has 0 saturated carbocycles. The number of halogens is 1. The zero-order chi connectivity index (χ0) is 16.2. The molecule has 0 aliphatic carbocycles. The Morgan fingerprint density at radius 1 is 1.13 bits per heavy atom. The first-order chi connectivity index (χ1) is 11.1. The fourth-order valence-electron chi connectivity index (χ4n) is 2.26. The predicted molar refractivity (Wildman–Crippen MR) is 84.2 cm³/mol. The van der Waals surface area contributed by atoms with Gasteiger partial charge in [-0.2, -0.15) is 0 Å². The SMILES string of the molecule is Cc1ccc(-[n+]2noc([O-])c2CNCc2ccccc2Cl)cc1. The maximum Gasteiger partial charge on any atom is 0.253 e. The quantitative estimate of drug-likeness (QED) is 0.729. The van der Waals surface area contributed by atoms with E-state index in [9.17, 15) is 5.11 Å². The summed E-state index contributed by atoms with van der Waals surface area (Å²) in [6.45, 7) is 2.89. The molecule has 118 valence electrons. The van der Waals surface area contributed by atoms with Crippen LogP contribution in [0.3, 0.4) is 0 Å². The molecule has 5 nitrogen and oxygen atoms in total. The van der Waals surface area contributed by atoms with E-state index in [1.807, 2.05) is 55.5 Å². The van der Waals surface area contributed by atoms with Crippen LogP contribution in [0.4, 0.5) is 0 Å². The van der Waals surface area contributed by atoms with Gasteiger partial charge in [-0.3, -0.25) is 0 Å². The summed E-state index contributed by atoms with van der Waals surface area (Å²) in [6.07, 6.45) is 0. The van der Waals surface area contributed by atoms with Gasteiger partial charge >= 0.3 is 0 Å². The molecular formula is C17H16ClN3O2. The third-order valence-electron chi connectivity index (χ3n) is 3.54. The molecule has 0 unspecified atom stereocenters. The maximum atomic E-state index is 11.9. The van der Waals surface area contributed by atoms with Crippen molar-refractivity contribution in [3.63, 3.8) is 0 Å². The zero-order valence-electron chi connectivity index (χ0n) is 12.6. The van der Waals surface area contributed by atoms with Crippen LogP contribution in [0.25, 0.3) is 5.69 Å². The average Bonchev–Trinajstić information content (AvgIpc) is 2.91. The Kier molecular flexibility index (Phi) is 4.60. The van der Waals surface area contributed by atoms with Crippen LogP contribution in [-0.2, 0) is 13.1 Å². The summed E-state index contributed by atoms with van der Waals surface area (Å²) >= 11 is 6.12. The van der Waals surface area contributed by atoms with Gasteiger partial charge in [-0.1, -0.05) is 47.5 Å². The van der Waals surface area contributed by atoms with Crippen LogP contribution in [0, 0.1) is 6.92 Å². The molecule has 0 radical (unpaired) electrons. The highest BCUT2D eigenvalue weighted by Crippen LogP contribution is 2.15. The standard InChI is InChI=1S/C17H16ClN3O2/c1-12-6-8-14(9-7-12)21-16(17(22)23-20-21)11-19-10-13-4-2-3-5-15(13)18/h2-9,19H,10-11H2,1H3. The van der Waals surface area contributed by atoms with Crippen LogP contribution < -0.4 is 15.1 Å². The van der Waals surface area contributed by atoms with E-state index in [1.165, 1.54) is 4.68 Å². The van der Waals surface area contributed by atoms with Crippen LogP contribution in [0.5, 0.6) is 5.95 Å². The van der Waals surface area contributed by atoms with Crippen molar-refractivity contribution in [3.05, 3.63) is 70.4 Å². The number of hydrogen-bond acceptors (Lipinski definition) is 4. The first-order valence-corrected chi connectivity index (χ1v) is 7.62. The molecule has 0 saturated heterocycles. The molecule has 0 aliphatic rings. The number of rotatable bonds is 5. The zero-order valence-corrected chi connectivity index (χ0v) is 13.4. The van der Waals surface area contributed by atoms with E-state index in [2.05, 4.69) is 10.6 Å². The minimum absolute atomic E-state index is 0.335. The van der Waals surface area contributed by atoms with Crippen molar-refractivity contribution in [2.75, 3.05) is 0 Å². The first kappa shape index (κ1) is 15.5. The Bertz CT molecular complexity index is 800. The van der Waals surface area contributed by atoms with Crippen molar-refractivity contribution in [1.82, 2.24) is 10.6 Å². The molecule has 1 aromatic heterocycles. The van der Waals surface area contributed by atoms with Crippen LogP contribution in [0.15, 0.2) is 53.1 Å². The second-order valence-corrected chi connectivity index (χ2v) is 5.66. The molecule has 0 fully saturated rings. The molecule has 0 aliphatic heterocycles. The first-order valence-electron chi connectivity index (χ1n) is 7.24. The van der Waals surface area contributed by atoms with Crippen LogP contribution >= 0.6 is 11.6 Å². The van der Waals surface area contributed by atoms with Gasteiger partial charge < -0.3 is 14.9 Å². The van der Waals surface area contributed by atoms with Crippen LogP contribution in [-0.4, -0.2) is 5.27 Å². The van der Waals surface area contributed by atoms with Crippen molar-refractivity contribution in [1.29, 1.82) is 0 Å². The number of nitrogens with zero attached hydrogens (tertiary/aromatic N) is 2. The van der Waals surface area contributed by atoms with Crippen molar-refractivity contribution in [2.45, 2.75) is 20.0 Å². The minimum Gasteiger partial charge on any atom is -0.539 e. The molecule has 3 rings (SSSR count). The second kappa shape index (κ2) is 6.81. The van der Waals surface area contributed by atoms with Gasteiger partial charge in [0.15, 0.2) is 5.95 Å². The maximum absolute atomic E-state index is 11.9. The Morgan fingerprint density at radius 3 is 2.61 bits per heavy atom. The summed E-state index contributed by atoms with van der Waals surface area (Å²) in [5.41, 5.74) is 3.34. The number of hydrogen-bond donors (Lipinski definition) is 1. The van der Waals surface area contributed by atoms with Gasteiger partial charge in [0.2, 0.25) is 5.69 Å². The van der Waals surface area contributed by atoms with Crippen molar-refractivity contribution in [2.24, 2.45) is 0 Å². The van der Waals surface area contributed by atoms with E-state index in [-0.39, 0.29) is 0 Å². The van der Waals surface area contributed by atoms with Crippen LogP contribution in [0.2, 0.25) is 5.02 Å². The normalized spacial score (nSPS) is 10.9. The van der Waals surface area contributed by atoms with Crippen molar-refractivity contribution in [3.8, 4) is 11.6 Å². The number of nitrogens with one attached hydrogen (secondary N) is 1. The number of aryl methyl sites for hydroxylation is 1. The summed E-state index contributed by atoms with van der Waals surface area (Å²) in [5, 5.41) is 19.6. The lowest BCUT2D eigenvalue weighted by Crippen LogP contribution is -2.38. The molecule has 1 heterocycles. The van der Waals surface area contributed by atoms with Gasteiger partial charge in [0.1, 0.15) is 0 Å². The van der Waals surface area contributed by atoms with Gasteiger partial charge in [-0.05, 0) is 23.2 Å². The van der Waals surface area contributed by atoms with Crippen molar-refractivity contribution < 1.29 is 14.3 Å². The topological polar surface area (TPSA) is 65.0 Å². The molecule has 0 atom stereocenters. The predicted octanol–water partition coefficient (Wildman–Crippen LogP) is 2.28. The van der Waals surface area contributed by atoms with Gasteiger partial charge in [0.05, 0.1) is 11.8 Å². The molecule has 0 bridgehead atoms. The average molecular weight is 330 g/mol. The second-order valence-electron chi connectivity index (χ2n) is 5.25. The van der Waals surface area contributed by atoms with Gasteiger partial charge in [0, 0.05) is 23.7 Å². The number of benzene rings is 2.